The van der Waals surface area contributed by atoms with Crippen LogP contribution in [-0.4, -0.2) is 17.9 Å². The summed E-state index contributed by atoms with van der Waals surface area (Å²) in [5.74, 6) is 0.560. The number of phenolic OH excluding ortho intramolecular Hbond substituents is 1. The molecule has 0 bridgehead atoms. The number of para-hydroxylation sites is 1. The Labute approximate surface area is 123 Å². The van der Waals surface area contributed by atoms with Gasteiger partial charge < -0.3 is 14.7 Å². The van der Waals surface area contributed by atoms with Crippen molar-refractivity contribution in [2.45, 2.75) is 19.4 Å². The van der Waals surface area contributed by atoms with Gasteiger partial charge in [0.15, 0.2) is 17.6 Å². The van der Waals surface area contributed by atoms with Gasteiger partial charge in [0.2, 0.25) is 0 Å². The number of hydrogen-bond acceptors (Lipinski definition) is 4. The van der Waals surface area contributed by atoms with Gasteiger partial charge in [0.1, 0.15) is 0 Å². The summed E-state index contributed by atoms with van der Waals surface area (Å²) in [5.41, 5.74) is 3.84. The number of methoxy groups -OCH3 is 1. The lowest BCUT2D eigenvalue weighted by atomic mass is 9.99. The minimum absolute atomic E-state index is 0.116. The first-order valence-corrected chi connectivity index (χ1v) is 6.84. The molecule has 2 aromatic carbocycles. The Morgan fingerprint density at radius 1 is 1.19 bits per heavy atom. The van der Waals surface area contributed by atoms with Gasteiger partial charge in [-0.2, -0.15) is 0 Å². The molecule has 2 aromatic rings. The molecule has 0 aliphatic carbocycles. The van der Waals surface area contributed by atoms with Crippen LogP contribution < -0.4 is 4.74 Å². The second kappa shape index (κ2) is 5.48. The maximum absolute atomic E-state index is 10.2. The number of hydrogen-bond donors (Lipinski definition) is 1. The third-order valence-corrected chi connectivity index (χ3v) is 3.65. The Bertz CT molecular complexity index is 677. The van der Waals surface area contributed by atoms with E-state index >= 15 is 0 Å². The standard InChI is InChI=1S/C17H17NO3/c1-11-6-8-12(9-7-11)14-10-16(21-18-14)13-4-3-5-15(20-2)17(13)19/h3-9,16,19H,10H2,1-2H3/t16-/m1/s1. The fraction of sp³-hybridized carbons (Fsp3) is 0.235. The zero-order chi connectivity index (χ0) is 14.8. The molecule has 1 aliphatic rings. The van der Waals surface area contributed by atoms with Crippen LogP contribution in [0.5, 0.6) is 11.5 Å². The Hall–Kier alpha value is -2.49. The summed E-state index contributed by atoms with van der Waals surface area (Å²) in [5, 5.41) is 14.3. The predicted octanol–water partition coefficient (Wildman–Crippen LogP) is 3.57. The van der Waals surface area contributed by atoms with E-state index in [2.05, 4.69) is 5.16 Å². The molecule has 3 rings (SSSR count). The lowest BCUT2D eigenvalue weighted by Crippen LogP contribution is -2.02. The highest BCUT2D eigenvalue weighted by Gasteiger charge is 2.27. The molecule has 1 N–H and O–H groups in total. The van der Waals surface area contributed by atoms with Crippen molar-refractivity contribution in [3.05, 3.63) is 59.2 Å². The number of aryl methyl sites for hydroxylation is 1. The summed E-state index contributed by atoms with van der Waals surface area (Å²) in [6.07, 6.45) is 0.348. The highest BCUT2D eigenvalue weighted by molar-refractivity contribution is 6.01. The SMILES string of the molecule is COc1cccc([C@H]2CC(c3ccc(C)cc3)=NO2)c1O. The van der Waals surface area contributed by atoms with Crippen LogP contribution in [0.4, 0.5) is 0 Å². The maximum atomic E-state index is 10.2. The number of oxime groups is 1. The molecule has 21 heavy (non-hydrogen) atoms. The van der Waals surface area contributed by atoms with Gasteiger partial charge >= 0.3 is 0 Å². The van der Waals surface area contributed by atoms with Gasteiger partial charge in [-0.25, -0.2) is 0 Å². The minimum atomic E-state index is -0.281. The molecule has 0 unspecified atom stereocenters. The Kier molecular flexibility index (Phi) is 3.52. The number of rotatable bonds is 3. The van der Waals surface area contributed by atoms with Gasteiger partial charge in [-0.3, -0.25) is 0 Å². The van der Waals surface area contributed by atoms with E-state index in [0.29, 0.717) is 17.7 Å². The van der Waals surface area contributed by atoms with Crippen molar-refractivity contribution >= 4 is 5.71 Å². The van der Waals surface area contributed by atoms with Gasteiger partial charge in [-0.05, 0) is 18.6 Å². The summed E-state index contributed by atoms with van der Waals surface area (Å²) >= 11 is 0. The summed E-state index contributed by atoms with van der Waals surface area (Å²) < 4.78 is 5.13. The Morgan fingerprint density at radius 3 is 2.67 bits per heavy atom. The van der Waals surface area contributed by atoms with E-state index < -0.39 is 0 Å². The van der Waals surface area contributed by atoms with Crippen LogP contribution in [0.2, 0.25) is 0 Å². The van der Waals surface area contributed by atoms with Crippen molar-refractivity contribution in [2.75, 3.05) is 7.11 Å². The van der Waals surface area contributed by atoms with Crippen molar-refractivity contribution in [3.63, 3.8) is 0 Å². The number of benzene rings is 2. The maximum Gasteiger partial charge on any atom is 0.164 e. The Morgan fingerprint density at radius 2 is 1.95 bits per heavy atom. The first-order valence-electron chi connectivity index (χ1n) is 6.84. The molecule has 0 radical (unpaired) electrons. The highest BCUT2D eigenvalue weighted by Crippen LogP contribution is 2.39. The number of aromatic hydroxyl groups is 1. The molecule has 0 saturated carbocycles. The molecule has 0 saturated heterocycles. The molecular formula is C17H17NO3. The first-order chi connectivity index (χ1) is 10.2. The average Bonchev–Trinajstić information content (AvgIpc) is 2.98. The molecule has 0 spiro atoms. The molecule has 108 valence electrons. The second-order valence-corrected chi connectivity index (χ2v) is 5.10. The van der Waals surface area contributed by atoms with Gasteiger partial charge in [-0.1, -0.05) is 47.1 Å². The molecule has 4 nitrogen and oxygen atoms in total. The van der Waals surface area contributed by atoms with E-state index in [0.717, 1.165) is 11.3 Å². The predicted molar refractivity (Wildman–Crippen MR) is 80.8 cm³/mol. The molecular weight excluding hydrogens is 266 g/mol. The van der Waals surface area contributed by atoms with Crippen molar-refractivity contribution in [1.82, 2.24) is 0 Å². The van der Waals surface area contributed by atoms with Crippen LogP contribution in [0.3, 0.4) is 0 Å². The largest absolute Gasteiger partial charge is 0.504 e. The minimum Gasteiger partial charge on any atom is -0.504 e. The van der Waals surface area contributed by atoms with Crippen LogP contribution in [0.1, 0.15) is 29.2 Å². The Balaban J connectivity index is 1.82. The molecule has 0 amide bonds. The van der Waals surface area contributed by atoms with Gasteiger partial charge in [0.05, 0.1) is 12.8 Å². The molecule has 0 fully saturated rings. The van der Waals surface area contributed by atoms with Gasteiger partial charge in [-0.15, -0.1) is 0 Å². The fourth-order valence-electron chi connectivity index (χ4n) is 2.42. The van der Waals surface area contributed by atoms with Crippen molar-refractivity contribution < 1.29 is 14.7 Å². The van der Waals surface area contributed by atoms with E-state index in [1.54, 1.807) is 6.07 Å². The topological polar surface area (TPSA) is 51.0 Å². The number of phenols is 1. The van der Waals surface area contributed by atoms with E-state index in [4.69, 9.17) is 9.57 Å². The van der Waals surface area contributed by atoms with Crippen LogP contribution in [0, 0.1) is 6.92 Å². The second-order valence-electron chi connectivity index (χ2n) is 5.10. The van der Waals surface area contributed by atoms with Crippen molar-refractivity contribution in [3.8, 4) is 11.5 Å². The summed E-state index contributed by atoms with van der Waals surface area (Å²) in [4.78, 5) is 5.49. The van der Waals surface area contributed by atoms with E-state index in [1.165, 1.54) is 12.7 Å². The third kappa shape index (κ3) is 2.57. The normalized spacial score (nSPS) is 17.2. The van der Waals surface area contributed by atoms with Crippen molar-refractivity contribution in [2.24, 2.45) is 5.16 Å². The summed E-state index contributed by atoms with van der Waals surface area (Å²) in [6, 6.07) is 13.5. The molecule has 1 atom stereocenters. The van der Waals surface area contributed by atoms with E-state index in [9.17, 15) is 5.11 Å². The van der Waals surface area contributed by atoms with Crippen LogP contribution >= 0.6 is 0 Å². The molecule has 1 heterocycles. The average molecular weight is 283 g/mol. The lowest BCUT2D eigenvalue weighted by molar-refractivity contribution is 0.0835. The van der Waals surface area contributed by atoms with E-state index in [1.807, 2.05) is 43.3 Å². The zero-order valence-electron chi connectivity index (χ0n) is 12.0. The number of ether oxygens (including phenoxy) is 1. The smallest absolute Gasteiger partial charge is 0.164 e. The quantitative estimate of drug-likeness (QED) is 0.936. The molecule has 1 aliphatic heterocycles. The van der Waals surface area contributed by atoms with Crippen LogP contribution in [-0.2, 0) is 4.84 Å². The van der Waals surface area contributed by atoms with Gasteiger partial charge in [0, 0.05) is 12.0 Å². The number of nitrogens with zero attached hydrogens (tertiary/aromatic N) is 1. The van der Waals surface area contributed by atoms with Gasteiger partial charge in [0.25, 0.3) is 0 Å². The zero-order valence-corrected chi connectivity index (χ0v) is 12.0. The molecule has 4 heteroatoms. The lowest BCUT2D eigenvalue weighted by Gasteiger charge is -2.12. The fourth-order valence-corrected chi connectivity index (χ4v) is 2.42. The highest BCUT2D eigenvalue weighted by atomic mass is 16.6. The third-order valence-electron chi connectivity index (χ3n) is 3.65. The monoisotopic (exact) mass is 283 g/mol. The molecule has 0 aromatic heterocycles. The van der Waals surface area contributed by atoms with E-state index in [-0.39, 0.29) is 11.9 Å². The van der Waals surface area contributed by atoms with Crippen LogP contribution in [0.25, 0.3) is 0 Å². The first kappa shape index (κ1) is 13.5. The van der Waals surface area contributed by atoms with Crippen LogP contribution in [0.15, 0.2) is 47.6 Å². The van der Waals surface area contributed by atoms with Crippen molar-refractivity contribution in [1.29, 1.82) is 0 Å². The summed E-state index contributed by atoms with van der Waals surface area (Å²) in [6.45, 7) is 2.05. The summed E-state index contributed by atoms with van der Waals surface area (Å²) in [7, 11) is 1.53.